The quantitative estimate of drug-likeness (QED) is 0.739. The van der Waals surface area contributed by atoms with Crippen molar-refractivity contribution in [1.82, 2.24) is 10.2 Å². The number of carbonyl (C=O) groups excluding carboxylic acids is 2. The van der Waals surface area contributed by atoms with Crippen LogP contribution >= 0.6 is 11.8 Å². The zero-order chi connectivity index (χ0) is 13.1. The third kappa shape index (κ3) is 3.19. The molecule has 2 aliphatic rings. The molecule has 1 aliphatic heterocycles. The summed E-state index contributed by atoms with van der Waals surface area (Å²) in [5, 5.41) is 2.84. The van der Waals surface area contributed by atoms with Crippen LogP contribution in [0.2, 0.25) is 0 Å². The van der Waals surface area contributed by atoms with E-state index in [-0.39, 0.29) is 30.4 Å². The van der Waals surface area contributed by atoms with Crippen LogP contribution in [0.1, 0.15) is 33.1 Å². The van der Waals surface area contributed by atoms with Gasteiger partial charge in [0.25, 0.3) is 0 Å². The molecule has 0 radical (unpaired) electrons. The first-order valence-electron chi connectivity index (χ1n) is 6.81. The Morgan fingerprint density at radius 2 is 2.17 bits per heavy atom. The first kappa shape index (κ1) is 13.7. The van der Waals surface area contributed by atoms with Crippen molar-refractivity contribution in [3.63, 3.8) is 0 Å². The normalized spacial score (nSPS) is 26.1. The third-order valence-corrected chi connectivity index (χ3v) is 4.62. The average Bonchev–Trinajstić information content (AvgIpc) is 3.16. The minimum absolute atomic E-state index is 0.00138. The Labute approximate surface area is 113 Å². The molecule has 102 valence electrons. The minimum atomic E-state index is -0.243. The fourth-order valence-electron chi connectivity index (χ4n) is 2.37. The first-order chi connectivity index (χ1) is 8.63. The summed E-state index contributed by atoms with van der Waals surface area (Å²) >= 11 is 1.88. The topological polar surface area (TPSA) is 49.4 Å². The van der Waals surface area contributed by atoms with E-state index in [1.54, 1.807) is 4.90 Å². The summed E-state index contributed by atoms with van der Waals surface area (Å²) in [6.45, 7) is 4.43. The van der Waals surface area contributed by atoms with Gasteiger partial charge in [0.05, 0.1) is 6.54 Å². The molecule has 1 aliphatic carbocycles. The molecule has 0 spiro atoms. The van der Waals surface area contributed by atoms with Crippen molar-refractivity contribution >= 4 is 23.6 Å². The van der Waals surface area contributed by atoms with Crippen molar-refractivity contribution in [2.75, 3.05) is 18.1 Å². The number of hydrogen-bond acceptors (Lipinski definition) is 3. The molecule has 1 N–H and O–H groups in total. The highest BCUT2D eigenvalue weighted by molar-refractivity contribution is 7.99. The molecule has 4 nitrogen and oxygen atoms in total. The van der Waals surface area contributed by atoms with Crippen LogP contribution in [-0.4, -0.2) is 46.8 Å². The van der Waals surface area contributed by atoms with Gasteiger partial charge in [-0.15, -0.1) is 0 Å². The average molecular weight is 270 g/mol. The third-order valence-electron chi connectivity index (χ3n) is 3.69. The van der Waals surface area contributed by atoms with Crippen LogP contribution < -0.4 is 5.32 Å². The van der Waals surface area contributed by atoms with Gasteiger partial charge < -0.3 is 10.2 Å². The molecule has 5 heteroatoms. The van der Waals surface area contributed by atoms with Gasteiger partial charge in [0.1, 0.15) is 6.04 Å². The number of carbonyl (C=O) groups is 2. The highest BCUT2D eigenvalue weighted by Gasteiger charge is 2.43. The van der Waals surface area contributed by atoms with Gasteiger partial charge in [0.2, 0.25) is 11.8 Å². The first-order valence-corrected chi connectivity index (χ1v) is 7.96. The van der Waals surface area contributed by atoms with Gasteiger partial charge in [-0.25, -0.2) is 0 Å². The van der Waals surface area contributed by atoms with Crippen LogP contribution in [0.4, 0.5) is 0 Å². The van der Waals surface area contributed by atoms with E-state index in [1.807, 2.05) is 11.8 Å². The number of thioether (sulfide) groups is 1. The predicted octanol–water partition coefficient (Wildman–Crippen LogP) is 1.26. The SMILES string of the molecule is CCSCCC(C)N1CC(=O)NC(C2CC2)C1=O. The molecule has 2 fully saturated rings. The number of nitrogens with zero attached hydrogens (tertiary/aromatic N) is 1. The molecular formula is C13H22N2O2S. The maximum atomic E-state index is 12.3. The number of nitrogens with one attached hydrogen (secondary N) is 1. The second-order valence-electron chi connectivity index (χ2n) is 5.18. The zero-order valence-corrected chi connectivity index (χ0v) is 12.0. The fraction of sp³-hybridized carbons (Fsp3) is 0.846. The van der Waals surface area contributed by atoms with Gasteiger partial charge in [-0.3, -0.25) is 9.59 Å². The molecule has 18 heavy (non-hydrogen) atoms. The van der Waals surface area contributed by atoms with Crippen molar-refractivity contribution in [2.24, 2.45) is 5.92 Å². The highest BCUT2D eigenvalue weighted by Crippen LogP contribution is 2.34. The molecule has 1 heterocycles. The number of hydrogen-bond donors (Lipinski definition) is 1. The fourth-order valence-corrected chi connectivity index (χ4v) is 3.16. The smallest absolute Gasteiger partial charge is 0.246 e. The summed E-state index contributed by atoms with van der Waals surface area (Å²) in [6.07, 6.45) is 3.12. The lowest BCUT2D eigenvalue weighted by atomic mass is 10.1. The molecule has 2 atom stereocenters. The van der Waals surface area contributed by atoms with Crippen molar-refractivity contribution in [2.45, 2.75) is 45.2 Å². The monoisotopic (exact) mass is 270 g/mol. The van der Waals surface area contributed by atoms with E-state index in [4.69, 9.17) is 0 Å². The van der Waals surface area contributed by atoms with Crippen LogP contribution in [0.3, 0.4) is 0 Å². The molecular weight excluding hydrogens is 248 g/mol. The maximum Gasteiger partial charge on any atom is 0.246 e. The Hall–Kier alpha value is -0.710. The molecule has 2 unspecified atom stereocenters. The molecule has 0 aromatic carbocycles. The van der Waals surface area contributed by atoms with Crippen molar-refractivity contribution in [1.29, 1.82) is 0 Å². The summed E-state index contributed by atoms with van der Waals surface area (Å²) in [6, 6.07) is -0.0728. The minimum Gasteiger partial charge on any atom is -0.342 e. The highest BCUT2D eigenvalue weighted by atomic mass is 32.2. The van der Waals surface area contributed by atoms with Crippen LogP contribution in [0.25, 0.3) is 0 Å². The second kappa shape index (κ2) is 5.95. The standard InChI is InChI=1S/C13H22N2O2S/c1-3-18-7-6-9(2)15-8-11(16)14-12(13(15)17)10-4-5-10/h9-10,12H,3-8H2,1-2H3,(H,14,16). The van der Waals surface area contributed by atoms with E-state index in [0.29, 0.717) is 5.92 Å². The van der Waals surface area contributed by atoms with E-state index in [2.05, 4.69) is 19.2 Å². The second-order valence-corrected chi connectivity index (χ2v) is 6.58. The van der Waals surface area contributed by atoms with E-state index >= 15 is 0 Å². The van der Waals surface area contributed by atoms with E-state index in [1.165, 1.54) is 0 Å². The largest absolute Gasteiger partial charge is 0.342 e. The van der Waals surface area contributed by atoms with Gasteiger partial charge in [-0.05, 0) is 43.6 Å². The summed E-state index contributed by atoms with van der Waals surface area (Å²) in [5.74, 6) is 2.68. The zero-order valence-electron chi connectivity index (χ0n) is 11.1. The van der Waals surface area contributed by atoms with Crippen LogP contribution in [0.5, 0.6) is 0 Å². The Kier molecular flexibility index (Phi) is 4.54. The number of amides is 2. The van der Waals surface area contributed by atoms with Gasteiger partial charge in [0, 0.05) is 6.04 Å². The van der Waals surface area contributed by atoms with Crippen molar-refractivity contribution < 1.29 is 9.59 Å². The molecule has 2 amide bonds. The van der Waals surface area contributed by atoms with Gasteiger partial charge in [0.15, 0.2) is 0 Å². The van der Waals surface area contributed by atoms with Gasteiger partial charge >= 0.3 is 0 Å². The number of piperazine rings is 1. The summed E-state index contributed by atoms with van der Waals surface area (Å²) in [4.78, 5) is 25.8. The Morgan fingerprint density at radius 3 is 2.78 bits per heavy atom. The Bertz CT molecular complexity index is 331. The summed E-state index contributed by atoms with van der Waals surface area (Å²) < 4.78 is 0. The molecule has 1 saturated carbocycles. The molecule has 0 bridgehead atoms. The van der Waals surface area contributed by atoms with Crippen LogP contribution in [0.15, 0.2) is 0 Å². The Morgan fingerprint density at radius 1 is 1.44 bits per heavy atom. The van der Waals surface area contributed by atoms with Crippen molar-refractivity contribution in [3.8, 4) is 0 Å². The molecule has 1 saturated heterocycles. The van der Waals surface area contributed by atoms with Gasteiger partial charge in [-0.1, -0.05) is 6.92 Å². The summed E-state index contributed by atoms with van der Waals surface area (Å²) in [5.41, 5.74) is 0. The maximum absolute atomic E-state index is 12.3. The Balaban J connectivity index is 1.92. The van der Waals surface area contributed by atoms with Crippen LogP contribution in [0, 0.1) is 5.92 Å². The predicted molar refractivity (Wildman–Crippen MR) is 73.4 cm³/mol. The molecule has 2 rings (SSSR count). The van der Waals surface area contributed by atoms with Crippen LogP contribution in [-0.2, 0) is 9.59 Å². The lowest BCUT2D eigenvalue weighted by molar-refractivity contribution is -0.147. The molecule has 0 aromatic heterocycles. The van der Waals surface area contributed by atoms with E-state index in [0.717, 1.165) is 30.8 Å². The summed E-state index contributed by atoms with van der Waals surface area (Å²) in [7, 11) is 0. The molecule has 0 aromatic rings. The van der Waals surface area contributed by atoms with E-state index in [9.17, 15) is 9.59 Å². The lowest BCUT2D eigenvalue weighted by Crippen LogP contribution is -2.61. The van der Waals surface area contributed by atoms with Crippen molar-refractivity contribution in [3.05, 3.63) is 0 Å². The lowest BCUT2D eigenvalue weighted by Gasteiger charge is -2.36. The number of rotatable bonds is 6. The van der Waals surface area contributed by atoms with E-state index < -0.39 is 0 Å². The van der Waals surface area contributed by atoms with Gasteiger partial charge in [-0.2, -0.15) is 11.8 Å².